The Kier molecular flexibility index (Phi) is 5.51. The molecule has 2 aromatic rings. The summed E-state index contributed by atoms with van der Waals surface area (Å²) < 4.78 is 38.2. The number of rotatable bonds is 8. The van der Waals surface area contributed by atoms with E-state index >= 15 is 0 Å². The molecule has 26 heavy (non-hydrogen) atoms. The van der Waals surface area contributed by atoms with Crippen LogP contribution < -0.4 is 19.1 Å². The standard InChI is InChI=1S/C18H23N3O4S/c1-3-9-21(10-4-2)18-8-5-14(12-19-18)20-26(22,23)15-6-7-16-17(11-15)25-13-24-16/h5-8,11-12,20H,3-4,9-10,13H2,1-2H3. The van der Waals surface area contributed by atoms with E-state index in [9.17, 15) is 8.42 Å². The number of hydrogen-bond acceptors (Lipinski definition) is 6. The van der Waals surface area contributed by atoms with Crippen LogP contribution in [0.4, 0.5) is 11.5 Å². The van der Waals surface area contributed by atoms with Crippen molar-refractivity contribution in [3.8, 4) is 11.5 Å². The van der Waals surface area contributed by atoms with Crippen LogP contribution in [-0.4, -0.2) is 33.3 Å². The van der Waals surface area contributed by atoms with E-state index in [0.29, 0.717) is 17.2 Å². The lowest BCUT2D eigenvalue weighted by Crippen LogP contribution is -2.25. The first-order chi connectivity index (χ1) is 12.5. The smallest absolute Gasteiger partial charge is 0.262 e. The van der Waals surface area contributed by atoms with Crippen LogP contribution in [0.1, 0.15) is 26.7 Å². The Morgan fingerprint density at radius 2 is 1.81 bits per heavy atom. The van der Waals surface area contributed by atoms with E-state index in [4.69, 9.17) is 9.47 Å². The molecule has 3 rings (SSSR count). The van der Waals surface area contributed by atoms with Crippen LogP contribution in [0.25, 0.3) is 0 Å². The van der Waals surface area contributed by atoms with Gasteiger partial charge in [-0.05, 0) is 37.1 Å². The molecule has 0 bridgehead atoms. The summed E-state index contributed by atoms with van der Waals surface area (Å²) in [6.45, 7) is 6.18. The SMILES string of the molecule is CCCN(CCC)c1ccc(NS(=O)(=O)c2ccc3c(c2)OCO3)cn1. The number of aromatic nitrogens is 1. The largest absolute Gasteiger partial charge is 0.454 e. The van der Waals surface area contributed by atoms with Crippen LogP contribution in [0.5, 0.6) is 11.5 Å². The van der Waals surface area contributed by atoms with Gasteiger partial charge in [-0.3, -0.25) is 4.72 Å². The molecule has 0 saturated carbocycles. The number of nitrogens with one attached hydrogen (secondary N) is 1. The molecule has 1 aliphatic heterocycles. The van der Waals surface area contributed by atoms with Crippen molar-refractivity contribution in [3.63, 3.8) is 0 Å². The summed E-state index contributed by atoms with van der Waals surface area (Å²) >= 11 is 0. The Morgan fingerprint density at radius 1 is 1.08 bits per heavy atom. The highest BCUT2D eigenvalue weighted by atomic mass is 32.2. The summed E-state index contributed by atoms with van der Waals surface area (Å²) in [6, 6.07) is 8.10. The molecule has 0 aliphatic carbocycles. The molecule has 0 fully saturated rings. The minimum Gasteiger partial charge on any atom is -0.454 e. The second kappa shape index (κ2) is 7.82. The first-order valence-corrected chi connectivity index (χ1v) is 10.1. The second-order valence-corrected chi connectivity index (χ2v) is 7.70. The lowest BCUT2D eigenvalue weighted by atomic mass is 10.3. The normalized spacial score (nSPS) is 12.8. The van der Waals surface area contributed by atoms with Crippen LogP contribution in [0.3, 0.4) is 0 Å². The number of fused-ring (bicyclic) bond motifs is 1. The van der Waals surface area contributed by atoms with Crippen LogP contribution >= 0.6 is 0 Å². The van der Waals surface area contributed by atoms with Gasteiger partial charge in [-0.15, -0.1) is 0 Å². The van der Waals surface area contributed by atoms with Gasteiger partial charge in [-0.25, -0.2) is 13.4 Å². The topological polar surface area (TPSA) is 80.8 Å². The van der Waals surface area contributed by atoms with Crippen molar-refractivity contribution in [2.24, 2.45) is 0 Å². The van der Waals surface area contributed by atoms with E-state index in [0.717, 1.165) is 31.7 Å². The summed E-state index contributed by atoms with van der Waals surface area (Å²) in [5.74, 6) is 1.82. The number of hydrogen-bond donors (Lipinski definition) is 1. The molecule has 0 unspecified atom stereocenters. The lowest BCUT2D eigenvalue weighted by Gasteiger charge is -2.22. The van der Waals surface area contributed by atoms with Crippen molar-refractivity contribution in [2.75, 3.05) is 29.5 Å². The van der Waals surface area contributed by atoms with Crippen molar-refractivity contribution >= 4 is 21.5 Å². The predicted octanol–water partition coefficient (Wildman–Crippen LogP) is 3.24. The fraction of sp³-hybridized carbons (Fsp3) is 0.389. The number of nitrogens with zero attached hydrogens (tertiary/aromatic N) is 2. The van der Waals surface area contributed by atoms with Crippen LogP contribution in [-0.2, 0) is 10.0 Å². The van der Waals surface area contributed by atoms with E-state index in [1.807, 2.05) is 6.07 Å². The first-order valence-electron chi connectivity index (χ1n) is 8.67. The fourth-order valence-corrected chi connectivity index (χ4v) is 3.83. The molecular formula is C18H23N3O4S. The van der Waals surface area contributed by atoms with Gasteiger partial charge < -0.3 is 14.4 Å². The number of ether oxygens (including phenoxy) is 2. The average molecular weight is 377 g/mol. The maximum atomic E-state index is 12.6. The maximum absolute atomic E-state index is 12.6. The summed E-state index contributed by atoms with van der Waals surface area (Å²) in [6.07, 6.45) is 3.60. The zero-order valence-electron chi connectivity index (χ0n) is 14.9. The molecule has 0 atom stereocenters. The van der Waals surface area contributed by atoms with Crippen LogP contribution in [0.15, 0.2) is 41.4 Å². The van der Waals surface area contributed by atoms with Crippen LogP contribution in [0.2, 0.25) is 0 Å². The van der Waals surface area contributed by atoms with Crippen LogP contribution in [0, 0.1) is 0 Å². The molecule has 0 spiro atoms. The van der Waals surface area contributed by atoms with Gasteiger partial charge in [0.15, 0.2) is 11.5 Å². The van der Waals surface area contributed by atoms with Gasteiger partial charge in [0.2, 0.25) is 6.79 Å². The Morgan fingerprint density at radius 3 is 2.46 bits per heavy atom. The summed E-state index contributed by atoms with van der Waals surface area (Å²) in [5, 5.41) is 0. The third-order valence-electron chi connectivity index (χ3n) is 3.97. The molecule has 140 valence electrons. The van der Waals surface area contributed by atoms with E-state index < -0.39 is 10.0 Å². The Hall–Kier alpha value is -2.48. The highest BCUT2D eigenvalue weighted by molar-refractivity contribution is 7.92. The molecule has 1 aromatic heterocycles. The summed E-state index contributed by atoms with van der Waals surface area (Å²) in [4.78, 5) is 6.71. The molecule has 1 aliphatic rings. The van der Waals surface area contributed by atoms with Gasteiger partial charge in [-0.1, -0.05) is 13.8 Å². The third kappa shape index (κ3) is 4.01. The maximum Gasteiger partial charge on any atom is 0.262 e. The zero-order chi connectivity index (χ0) is 18.6. The Bertz CT molecular complexity index is 847. The van der Waals surface area contributed by atoms with E-state index in [1.54, 1.807) is 12.1 Å². The first kappa shape index (κ1) is 18.3. The Balaban J connectivity index is 1.75. The molecule has 0 radical (unpaired) electrons. The number of benzene rings is 1. The average Bonchev–Trinajstić information content (AvgIpc) is 3.10. The minimum absolute atomic E-state index is 0.101. The van der Waals surface area contributed by atoms with Crippen molar-refractivity contribution < 1.29 is 17.9 Å². The Labute approximate surface area is 154 Å². The number of pyridine rings is 1. The van der Waals surface area contributed by atoms with E-state index in [2.05, 4.69) is 28.5 Å². The lowest BCUT2D eigenvalue weighted by molar-refractivity contribution is 0.174. The minimum atomic E-state index is -3.73. The molecule has 2 heterocycles. The van der Waals surface area contributed by atoms with Gasteiger partial charge >= 0.3 is 0 Å². The molecule has 0 amide bonds. The van der Waals surface area contributed by atoms with Gasteiger partial charge in [0.25, 0.3) is 10.0 Å². The number of anilines is 2. The zero-order valence-corrected chi connectivity index (χ0v) is 15.8. The predicted molar refractivity (Wildman–Crippen MR) is 100 cm³/mol. The van der Waals surface area contributed by atoms with Crippen molar-refractivity contribution in [1.29, 1.82) is 0 Å². The molecule has 8 heteroatoms. The van der Waals surface area contributed by atoms with E-state index in [-0.39, 0.29) is 11.7 Å². The van der Waals surface area contributed by atoms with Gasteiger partial charge in [-0.2, -0.15) is 0 Å². The molecular weight excluding hydrogens is 354 g/mol. The van der Waals surface area contributed by atoms with Gasteiger partial charge in [0.05, 0.1) is 16.8 Å². The van der Waals surface area contributed by atoms with Crippen molar-refractivity contribution in [2.45, 2.75) is 31.6 Å². The second-order valence-electron chi connectivity index (χ2n) is 6.01. The number of sulfonamides is 1. The van der Waals surface area contributed by atoms with Gasteiger partial charge in [0.1, 0.15) is 5.82 Å². The van der Waals surface area contributed by atoms with Crippen molar-refractivity contribution in [1.82, 2.24) is 4.98 Å². The van der Waals surface area contributed by atoms with Crippen molar-refractivity contribution in [3.05, 3.63) is 36.5 Å². The quantitative estimate of drug-likeness (QED) is 0.761. The molecule has 1 aromatic carbocycles. The summed E-state index contributed by atoms with van der Waals surface area (Å²) in [5.41, 5.74) is 0.416. The highest BCUT2D eigenvalue weighted by Gasteiger charge is 2.20. The fourth-order valence-electron chi connectivity index (χ4n) is 2.77. The molecule has 7 nitrogen and oxygen atoms in total. The third-order valence-corrected chi connectivity index (χ3v) is 5.34. The van der Waals surface area contributed by atoms with Gasteiger partial charge in [0, 0.05) is 19.2 Å². The highest BCUT2D eigenvalue weighted by Crippen LogP contribution is 2.34. The molecule has 0 saturated heterocycles. The summed E-state index contributed by atoms with van der Waals surface area (Å²) in [7, 11) is -3.73. The molecule has 1 N–H and O–H groups in total. The van der Waals surface area contributed by atoms with E-state index in [1.165, 1.54) is 18.3 Å². The monoisotopic (exact) mass is 377 g/mol.